The maximum Gasteiger partial charge on any atom is 0.142 e. The lowest BCUT2D eigenvalue weighted by molar-refractivity contribution is 0.623. The molecule has 0 bridgehead atoms. The monoisotopic (exact) mass is 291 g/mol. The lowest BCUT2D eigenvalue weighted by Gasteiger charge is -2.00. The first kappa shape index (κ1) is 15.8. The van der Waals surface area contributed by atoms with Gasteiger partial charge in [0.2, 0.25) is 0 Å². The van der Waals surface area contributed by atoms with Crippen molar-refractivity contribution in [2.75, 3.05) is 0 Å². The highest BCUT2D eigenvalue weighted by atomic mass is 19.1. The van der Waals surface area contributed by atoms with Crippen LogP contribution in [-0.2, 0) is 6.42 Å². The molecule has 0 spiro atoms. The fourth-order valence-electron chi connectivity index (χ4n) is 2.16. The van der Waals surface area contributed by atoms with E-state index < -0.39 is 5.82 Å². The number of nitrogens with zero attached hydrogens (tertiary/aromatic N) is 1. The summed E-state index contributed by atoms with van der Waals surface area (Å²) in [4.78, 5) is 0. The SMILES string of the molecule is CCCCCc1ccc(C#Cc2ccc(C#N)c(F)c2)cc1. The van der Waals surface area contributed by atoms with Gasteiger partial charge in [0, 0.05) is 11.1 Å². The van der Waals surface area contributed by atoms with E-state index in [2.05, 4.69) is 30.9 Å². The molecule has 0 fully saturated rings. The fourth-order valence-corrected chi connectivity index (χ4v) is 2.16. The number of hydrogen-bond donors (Lipinski definition) is 0. The Morgan fingerprint density at radius 2 is 1.64 bits per heavy atom. The average Bonchev–Trinajstić information content (AvgIpc) is 2.54. The van der Waals surface area contributed by atoms with E-state index in [9.17, 15) is 4.39 Å². The van der Waals surface area contributed by atoms with Gasteiger partial charge in [-0.25, -0.2) is 4.39 Å². The van der Waals surface area contributed by atoms with Crippen LogP contribution in [0.3, 0.4) is 0 Å². The quantitative estimate of drug-likeness (QED) is 0.584. The van der Waals surface area contributed by atoms with Crippen molar-refractivity contribution in [1.82, 2.24) is 0 Å². The number of hydrogen-bond acceptors (Lipinski definition) is 1. The average molecular weight is 291 g/mol. The van der Waals surface area contributed by atoms with Crippen LogP contribution in [0.4, 0.5) is 4.39 Å². The van der Waals surface area contributed by atoms with Gasteiger partial charge in [0.05, 0.1) is 5.56 Å². The molecule has 0 saturated carbocycles. The Bertz CT molecular complexity index is 727. The molecule has 0 unspecified atom stereocenters. The number of benzene rings is 2. The molecule has 0 atom stereocenters. The van der Waals surface area contributed by atoms with E-state index in [-0.39, 0.29) is 5.56 Å². The maximum absolute atomic E-state index is 13.5. The van der Waals surface area contributed by atoms with Gasteiger partial charge in [-0.2, -0.15) is 5.26 Å². The van der Waals surface area contributed by atoms with Crippen molar-refractivity contribution in [2.24, 2.45) is 0 Å². The van der Waals surface area contributed by atoms with Gasteiger partial charge in [0.25, 0.3) is 0 Å². The molecule has 0 aromatic heterocycles. The summed E-state index contributed by atoms with van der Waals surface area (Å²) < 4.78 is 13.5. The Labute approximate surface area is 131 Å². The van der Waals surface area contributed by atoms with Crippen LogP contribution >= 0.6 is 0 Å². The summed E-state index contributed by atoms with van der Waals surface area (Å²) in [7, 11) is 0. The molecule has 110 valence electrons. The largest absolute Gasteiger partial charge is 0.206 e. The fraction of sp³-hybridized carbons (Fsp3) is 0.250. The standard InChI is InChI=1S/C20H18FN/c1-2-3-4-5-16-6-8-17(9-7-16)10-11-18-12-13-19(15-22)20(21)14-18/h6-9,12-14H,2-5H2,1H3. The van der Waals surface area contributed by atoms with Crippen LogP contribution in [0.15, 0.2) is 42.5 Å². The van der Waals surface area contributed by atoms with Crippen LogP contribution in [-0.4, -0.2) is 0 Å². The zero-order valence-electron chi connectivity index (χ0n) is 12.7. The summed E-state index contributed by atoms with van der Waals surface area (Å²) in [6, 6.07) is 14.4. The third-order valence-corrected chi connectivity index (χ3v) is 3.46. The minimum atomic E-state index is -0.527. The minimum Gasteiger partial charge on any atom is -0.206 e. The second-order valence-corrected chi connectivity index (χ2v) is 5.21. The van der Waals surface area contributed by atoms with Crippen LogP contribution in [0.25, 0.3) is 0 Å². The number of halogens is 1. The highest BCUT2D eigenvalue weighted by Crippen LogP contribution is 2.10. The molecule has 0 amide bonds. The van der Waals surface area contributed by atoms with Gasteiger partial charge in [-0.05, 0) is 48.7 Å². The minimum absolute atomic E-state index is 0.0435. The zero-order valence-corrected chi connectivity index (χ0v) is 12.7. The van der Waals surface area contributed by atoms with Gasteiger partial charge in [0.1, 0.15) is 11.9 Å². The van der Waals surface area contributed by atoms with Gasteiger partial charge in [-0.3, -0.25) is 0 Å². The Hall–Kier alpha value is -2.58. The van der Waals surface area contributed by atoms with Gasteiger partial charge in [-0.1, -0.05) is 43.7 Å². The molecule has 2 aromatic rings. The normalized spacial score (nSPS) is 9.68. The van der Waals surface area contributed by atoms with Gasteiger partial charge in [0.15, 0.2) is 0 Å². The zero-order chi connectivity index (χ0) is 15.8. The van der Waals surface area contributed by atoms with Crippen molar-refractivity contribution in [2.45, 2.75) is 32.6 Å². The molecular weight excluding hydrogens is 273 g/mol. The van der Waals surface area contributed by atoms with Crippen molar-refractivity contribution >= 4 is 0 Å². The van der Waals surface area contributed by atoms with Gasteiger partial charge >= 0.3 is 0 Å². The van der Waals surface area contributed by atoms with E-state index in [0.29, 0.717) is 5.56 Å². The summed E-state index contributed by atoms with van der Waals surface area (Å²) in [5, 5.41) is 8.69. The number of aryl methyl sites for hydroxylation is 1. The second-order valence-electron chi connectivity index (χ2n) is 5.21. The molecule has 0 aliphatic heterocycles. The van der Waals surface area contributed by atoms with Crippen molar-refractivity contribution in [3.63, 3.8) is 0 Å². The highest BCUT2D eigenvalue weighted by Gasteiger charge is 2.00. The molecule has 2 aromatic carbocycles. The van der Waals surface area contributed by atoms with Crippen molar-refractivity contribution in [3.05, 3.63) is 70.5 Å². The third kappa shape index (κ3) is 4.47. The molecule has 0 heterocycles. The number of nitriles is 1. The van der Waals surface area contributed by atoms with E-state index in [1.165, 1.54) is 37.0 Å². The Morgan fingerprint density at radius 3 is 2.27 bits per heavy atom. The molecule has 1 nitrogen and oxygen atoms in total. The Kier molecular flexibility index (Phi) is 5.75. The molecule has 0 saturated heterocycles. The van der Waals surface area contributed by atoms with Crippen LogP contribution < -0.4 is 0 Å². The van der Waals surface area contributed by atoms with Gasteiger partial charge < -0.3 is 0 Å². The van der Waals surface area contributed by atoms with Crippen LogP contribution in [0, 0.1) is 29.0 Å². The first-order valence-corrected chi connectivity index (χ1v) is 7.53. The predicted octanol–water partition coefficient (Wildman–Crippen LogP) is 4.83. The summed E-state index contributed by atoms with van der Waals surface area (Å²) in [5.41, 5.74) is 2.85. The van der Waals surface area contributed by atoms with E-state index in [4.69, 9.17) is 5.26 Å². The van der Waals surface area contributed by atoms with Crippen molar-refractivity contribution < 1.29 is 4.39 Å². The lowest BCUT2D eigenvalue weighted by atomic mass is 10.1. The third-order valence-electron chi connectivity index (χ3n) is 3.46. The van der Waals surface area contributed by atoms with E-state index in [0.717, 1.165) is 12.0 Å². The number of rotatable bonds is 4. The van der Waals surface area contributed by atoms with Crippen LogP contribution in [0.1, 0.15) is 48.4 Å². The van der Waals surface area contributed by atoms with Crippen LogP contribution in [0.5, 0.6) is 0 Å². The van der Waals surface area contributed by atoms with E-state index in [1.807, 2.05) is 12.1 Å². The molecule has 22 heavy (non-hydrogen) atoms. The van der Waals surface area contributed by atoms with E-state index >= 15 is 0 Å². The Balaban J connectivity index is 2.05. The molecule has 0 N–H and O–H groups in total. The molecule has 0 aliphatic rings. The first-order valence-electron chi connectivity index (χ1n) is 7.53. The molecular formula is C20H18FN. The van der Waals surface area contributed by atoms with Crippen molar-refractivity contribution in [3.8, 4) is 17.9 Å². The van der Waals surface area contributed by atoms with E-state index in [1.54, 1.807) is 12.1 Å². The molecule has 2 rings (SSSR count). The summed E-state index contributed by atoms with van der Waals surface area (Å²) in [5.74, 6) is 5.42. The second kappa shape index (κ2) is 8.01. The topological polar surface area (TPSA) is 23.8 Å². The lowest BCUT2D eigenvalue weighted by Crippen LogP contribution is -1.86. The van der Waals surface area contributed by atoms with Crippen molar-refractivity contribution in [1.29, 1.82) is 5.26 Å². The molecule has 0 radical (unpaired) electrons. The van der Waals surface area contributed by atoms with Gasteiger partial charge in [-0.15, -0.1) is 0 Å². The number of unbranched alkanes of at least 4 members (excludes halogenated alkanes) is 2. The summed E-state index contributed by atoms with van der Waals surface area (Å²) in [6.45, 7) is 2.20. The summed E-state index contributed by atoms with van der Waals surface area (Å²) >= 11 is 0. The molecule has 2 heteroatoms. The summed E-state index contributed by atoms with van der Waals surface area (Å²) in [6.07, 6.45) is 4.80. The first-order chi connectivity index (χ1) is 10.7. The highest BCUT2D eigenvalue weighted by molar-refractivity contribution is 5.45. The predicted molar refractivity (Wildman–Crippen MR) is 86.8 cm³/mol. The maximum atomic E-state index is 13.5. The van der Waals surface area contributed by atoms with Crippen LogP contribution in [0.2, 0.25) is 0 Å². The Morgan fingerprint density at radius 1 is 0.955 bits per heavy atom. The molecule has 0 aliphatic carbocycles. The smallest absolute Gasteiger partial charge is 0.142 e.